The Kier molecular flexibility index (Phi) is 2.47. The van der Waals surface area contributed by atoms with Crippen LogP contribution in [-0.2, 0) is 0 Å². The minimum Gasteiger partial charge on any atom is -0.454 e. The maximum Gasteiger partial charge on any atom is 0.203 e. The molecule has 4 aromatic rings. The maximum atomic E-state index is 12.3. The topological polar surface area (TPSA) is 30.2 Å². The van der Waals surface area contributed by atoms with Crippen molar-refractivity contribution in [2.24, 2.45) is 0 Å². The fraction of sp³-hybridized carbons (Fsp3) is 0. The lowest BCUT2D eigenvalue weighted by Crippen LogP contribution is -1.97. The van der Waals surface area contributed by atoms with Crippen LogP contribution < -0.4 is 5.43 Å². The SMILES string of the molecule is O=c1cc(-c2ccccc2)oc2c1sc1ccccc12. The van der Waals surface area contributed by atoms with E-state index in [9.17, 15) is 4.79 Å². The van der Waals surface area contributed by atoms with Gasteiger partial charge in [-0.05, 0) is 12.1 Å². The van der Waals surface area contributed by atoms with Crippen LogP contribution in [0.3, 0.4) is 0 Å². The first-order valence-corrected chi connectivity index (χ1v) is 7.15. The molecule has 2 aromatic heterocycles. The van der Waals surface area contributed by atoms with Crippen molar-refractivity contribution < 1.29 is 4.42 Å². The second-order valence-corrected chi connectivity index (χ2v) is 5.65. The van der Waals surface area contributed by atoms with E-state index >= 15 is 0 Å². The van der Waals surface area contributed by atoms with Crippen molar-refractivity contribution in [3.05, 3.63) is 70.9 Å². The minimum atomic E-state index is 0.0197. The van der Waals surface area contributed by atoms with Crippen molar-refractivity contribution in [3.8, 4) is 11.3 Å². The average molecular weight is 278 g/mol. The van der Waals surface area contributed by atoms with Crippen LogP contribution in [0.2, 0.25) is 0 Å². The van der Waals surface area contributed by atoms with E-state index in [1.807, 2.05) is 54.6 Å². The molecule has 0 aliphatic heterocycles. The van der Waals surface area contributed by atoms with E-state index in [2.05, 4.69) is 0 Å². The Morgan fingerprint density at radius 1 is 0.900 bits per heavy atom. The van der Waals surface area contributed by atoms with E-state index in [1.165, 1.54) is 11.3 Å². The van der Waals surface area contributed by atoms with Crippen LogP contribution in [0.5, 0.6) is 0 Å². The molecule has 0 aliphatic carbocycles. The Labute approximate surface area is 118 Å². The van der Waals surface area contributed by atoms with E-state index < -0.39 is 0 Å². The largest absolute Gasteiger partial charge is 0.454 e. The van der Waals surface area contributed by atoms with Crippen LogP contribution >= 0.6 is 11.3 Å². The molecule has 3 heteroatoms. The zero-order valence-corrected chi connectivity index (χ0v) is 11.3. The molecule has 96 valence electrons. The number of benzene rings is 2. The third kappa shape index (κ3) is 1.67. The van der Waals surface area contributed by atoms with Gasteiger partial charge in [-0.3, -0.25) is 4.79 Å². The molecule has 0 amide bonds. The summed E-state index contributed by atoms with van der Waals surface area (Å²) in [6, 6.07) is 19.2. The van der Waals surface area contributed by atoms with Crippen molar-refractivity contribution >= 4 is 31.7 Å². The molecule has 0 saturated carbocycles. The van der Waals surface area contributed by atoms with E-state index in [0.29, 0.717) is 16.0 Å². The minimum absolute atomic E-state index is 0.0197. The van der Waals surface area contributed by atoms with Crippen molar-refractivity contribution in [1.29, 1.82) is 0 Å². The molecule has 0 aliphatic rings. The maximum absolute atomic E-state index is 12.3. The highest BCUT2D eigenvalue weighted by Crippen LogP contribution is 2.33. The van der Waals surface area contributed by atoms with Gasteiger partial charge in [0.1, 0.15) is 10.5 Å². The molecular weight excluding hydrogens is 268 g/mol. The van der Waals surface area contributed by atoms with Crippen molar-refractivity contribution in [1.82, 2.24) is 0 Å². The summed E-state index contributed by atoms with van der Waals surface area (Å²) in [5.41, 5.74) is 1.63. The molecule has 0 fully saturated rings. The van der Waals surface area contributed by atoms with E-state index in [1.54, 1.807) is 6.07 Å². The van der Waals surface area contributed by atoms with E-state index in [4.69, 9.17) is 4.42 Å². The molecule has 4 rings (SSSR count). The molecule has 0 spiro atoms. The number of fused-ring (bicyclic) bond motifs is 3. The molecule has 2 heterocycles. The third-order valence-corrected chi connectivity index (χ3v) is 4.47. The normalized spacial score (nSPS) is 11.2. The highest BCUT2D eigenvalue weighted by atomic mass is 32.1. The summed E-state index contributed by atoms with van der Waals surface area (Å²) in [5, 5.41) is 1.00. The molecule has 2 aromatic carbocycles. The standard InChI is InChI=1S/C17H10O2S/c18-13-10-14(11-6-2-1-3-7-11)19-16-12-8-4-5-9-15(12)20-17(13)16/h1-10H. The molecule has 0 radical (unpaired) electrons. The lowest BCUT2D eigenvalue weighted by molar-refractivity contribution is 0.623. The second kappa shape index (κ2) is 4.32. The highest BCUT2D eigenvalue weighted by molar-refractivity contribution is 7.25. The van der Waals surface area contributed by atoms with Crippen molar-refractivity contribution in [2.45, 2.75) is 0 Å². The number of hydrogen-bond acceptors (Lipinski definition) is 3. The van der Waals surface area contributed by atoms with Crippen LogP contribution in [0.25, 0.3) is 31.7 Å². The summed E-state index contributed by atoms with van der Waals surface area (Å²) in [4.78, 5) is 12.3. The predicted octanol–water partition coefficient (Wildman–Crippen LogP) is 4.67. The lowest BCUT2D eigenvalue weighted by Gasteiger charge is -2.00. The molecule has 0 N–H and O–H groups in total. The van der Waals surface area contributed by atoms with Gasteiger partial charge >= 0.3 is 0 Å². The summed E-state index contributed by atoms with van der Waals surface area (Å²) in [6.07, 6.45) is 0. The molecule has 0 bridgehead atoms. The molecule has 0 unspecified atom stereocenters. The smallest absolute Gasteiger partial charge is 0.203 e. The first kappa shape index (κ1) is 11.4. The second-order valence-electron chi connectivity index (χ2n) is 4.60. The lowest BCUT2D eigenvalue weighted by atomic mass is 10.1. The Balaban J connectivity index is 2.11. The number of rotatable bonds is 1. The van der Waals surface area contributed by atoms with Gasteiger partial charge in [0.25, 0.3) is 0 Å². The monoisotopic (exact) mass is 278 g/mol. The van der Waals surface area contributed by atoms with Gasteiger partial charge in [0.15, 0.2) is 5.58 Å². The molecule has 20 heavy (non-hydrogen) atoms. The molecule has 0 atom stereocenters. The van der Waals surface area contributed by atoms with Crippen LogP contribution in [0.1, 0.15) is 0 Å². The summed E-state index contributed by atoms with van der Waals surface area (Å²) in [6.45, 7) is 0. The first-order valence-electron chi connectivity index (χ1n) is 6.34. The summed E-state index contributed by atoms with van der Waals surface area (Å²) < 4.78 is 7.76. The summed E-state index contributed by atoms with van der Waals surface area (Å²) in [7, 11) is 0. The summed E-state index contributed by atoms with van der Waals surface area (Å²) in [5.74, 6) is 0.617. The fourth-order valence-electron chi connectivity index (χ4n) is 2.35. The van der Waals surface area contributed by atoms with Crippen LogP contribution in [0.4, 0.5) is 0 Å². The van der Waals surface area contributed by atoms with Gasteiger partial charge in [-0.15, -0.1) is 11.3 Å². The Hall–Kier alpha value is -2.39. The fourth-order valence-corrected chi connectivity index (χ4v) is 3.40. The average Bonchev–Trinajstić information content (AvgIpc) is 2.88. The summed E-state index contributed by atoms with van der Waals surface area (Å²) >= 11 is 1.49. The predicted molar refractivity (Wildman–Crippen MR) is 83.3 cm³/mol. The van der Waals surface area contributed by atoms with E-state index in [0.717, 1.165) is 15.6 Å². The highest BCUT2D eigenvalue weighted by Gasteiger charge is 2.12. The zero-order valence-electron chi connectivity index (χ0n) is 10.5. The molecule has 0 saturated heterocycles. The third-order valence-electron chi connectivity index (χ3n) is 3.31. The van der Waals surface area contributed by atoms with Gasteiger partial charge in [0.2, 0.25) is 5.43 Å². The van der Waals surface area contributed by atoms with Crippen LogP contribution in [-0.4, -0.2) is 0 Å². The Morgan fingerprint density at radius 2 is 1.65 bits per heavy atom. The van der Waals surface area contributed by atoms with Crippen LogP contribution in [0, 0.1) is 0 Å². The van der Waals surface area contributed by atoms with Gasteiger partial charge in [-0.25, -0.2) is 0 Å². The zero-order chi connectivity index (χ0) is 13.5. The Bertz CT molecular complexity index is 965. The molecular formula is C17H10O2S. The Morgan fingerprint density at radius 3 is 2.50 bits per heavy atom. The van der Waals surface area contributed by atoms with E-state index in [-0.39, 0.29) is 5.43 Å². The van der Waals surface area contributed by atoms with Crippen molar-refractivity contribution in [2.75, 3.05) is 0 Å². The first-order chi connectivity index (χ1) is 9.83. The number of hydrogen-bond donors (Lipinski definition) is 0. The van der Waals surface area contributed by atoms with Gasteiger partial charge in [-0.1, -0.05) is 42.5 Å². The van der Waals surface area contributed by atoms with Gasteiger partial charge in [0, 0.05) is 21.7 Å². The quantitative estimate of drug-likeness (QED) is 0.506. The molecule has 2 nitrogen and oxygen atoms in total. The van der Waals surface area contributed by atoms with Gasteiger partial charge < -0.3 is 4.42 Å². The van der Waals surface area contributed by atoms with Gasteiger partial charge in [0.05, 0.1) is 0 Å². The van der Waals surface area contributed by atoms with Crippen LogP contribution in [0.15, 0.2) is 69.9 Å². The van der Waals surface area contributed by atoms with Gasteiger partial charge in [-0.2, -0.15) is 0 Å². The number of thiophene rings is 1. The van der Waals surface area contributed by atoms with Crippen molar-refractivity contribution in [3.63, 3.8) is 0 Å².